The molecular formula is C16H20NO. The highest BCUT2D eigenvalue weighted by atomic mass is 16.3. The minimum atomic E-state index is 0.0111. The van der Waals surface area contributed by atoms with Crippen molar-refractivity contribution in [3.63, 3.8) is 0 Å². The van der Waals surface area contributed by atoms with Crippen LogP contribution in [0.3, 0.4) is 0 Å². The molecule has 1 fully saturated rings. The van der Waals surface area contributed by atoms with E-state index in [0.717, 1.165) is 18.8 Å². The number of allylic oxidation sites excluding steroid dienone is 2. The second kappa shape index (κ2) is 6.39. The maximum atomic E-state index is 11.0. The summed E-state index contributed by atoms with van der Waals surface area (Å²) in [7, 11) is 1.56. The van der Waals surface area contributed by atoms with Crippen LogP contribution in [0.2, 0.25) is 0 Å². The molecule has 0 spiro atoms. The van der Waals surface area contributed by atoms with Crippen LogP contribution in [-0.2, 0) is 5.11 Å². The zero-order valence-corrected chi connectivity index (χ0v) is 10.9. The Hall–Kier alpha value is -1.57. The lowest BCUT2D eigenvalue weighted by molar-refractivity contribution is 0.408. The van der Waals surface area contributed by atoms with Crippen LogP contribution >= 0.6 is 0 Å². The maximum Gasteiger partial charge on any atom is 0.240 e. The van der Waals surface area contributed by atoms with Crippen molar-refractivity contribution in [2.45, 2.75) is 31.6 Å². The third-order valence-corrected chi connectivity index (χ3v) is 3.46. The molecule has 1 aliphatic carbocycles. The van der Waals surface area contributed by atoms with Gasteiger partial charge in [-0.15, -0.1) is 0 Å². The third-order valence-electron chi connectivity index (χ3n) is 3.46. The van der Waals surface area contributed by atoms with Gasteiger partial charge in [-0.3, -0.25) is 10.1 Å². The van der Waals surface area contributed by atoms with E-state index >= 15 is 0 Å². The Labute approximate surface area is 109 Å². The summed E-state index contributed by atoms with van der Waals surface area (Å²) in [6.45, 7) is 0. The molecule has 0 saturated heterocycles. The monoisotopic (exact) mass is 242 g/mol. The Morgan fingerprint density at radius 2 is 2.17 bits per heavy atom. The van der Waals surface area contributed by atoms with E-state index < -0.39 is 0 Å². The van der Waals surface area contributed by atoms with Gasteiger partial charge in [-0.1, -0.05) is 42.5 Å². The van der Waals surface area contributed by atoms with Crippen molar-refractivity contribution in [2.24, 2.45) is 10.9 Å². The highest BCUT2D eigenvalue weighted by Crippen LogP contribution is 2.48. The largest absolute Gasteiger partial charge is 0.273 e. The first-order valence-electron chi connectivity index (χ1n) is 6.65. The first-order valence-corrected chi connectivity index (χ1v) is 6.65. The Bertz CT molecular complexity index is 422. The van der Waals surface area contributed by atoms with E-state index in [9.17, 15) is 5.11 Å². The smallest absolute Gasteiger partial charge is 0.240 e. The first-order chi connectivity index (χ1) is 8.81. The van der Waals surface area contributed by atoms with E-state index in [-0.39, 0.29) is 5.90 Å². The van der Waals surface area contributed by atoms with Crippen LogP contribution in [0.1, 0.15) is 37.2 Å². The fraction of sp³-hybridized carbons (Fsp3) is 0.438. The van der Waals surface area contributed by atoms with Crippen LogP contribution in [0, 0.1) is 5.92 Å². The lowest BCUT2D eigenvalue weighted by Gasteiger charge is -1.96. The average molecular weight is 242 g/mol. The molecule has 1 aromatic carbocycles. The van der Waals surface area contributed by atoms with Crippen molar-refractivity contribution in [1.82, 2.24) is 0 Å². The van der Waals surface area contributed by atoms with Crippen molar-refractivity contribution in [2.75, 3.05) is 7.05 Å². The van der Waals surface area contributed by atoms with Crippen LogP contribution in [-0.4, -0.2) is 12.9 Å². The normalized spacial score (nSPS) is 23.5. The molecule has 2 atom stereocenters. The van der Waals surface area contributed by atoms with E-state index in [0.29, 0.717) is 12.3 Å². The lowest BCUT2D eigenvalue weighted by Crippen LogP contribution is -1.92. The van der Waals surface area contributed by atoms with E-state index in [1.807, 2.05) is 0 Å². The Morgan fingerprint density at radius 1 is 1.39 bits per heavy atom. The number of nitrogens with zero attached hydrogens (tertiary/aromatic N) is 1. The molecule has 0 amide bonds. The summed E-state index contributed by atoms with van der Waals surface area (Å²) in [6, 6.07) is 10.7. The fourth-order valence-electron chi connectivity index (χ4n) is 2.26. The van der Waals surface area contributed by atoms with Gasteiger partial charge in [0.2, 0.25) is 5.90 Å². The van der Waals surface area contributed by atoms with Crippen LogP contribution < -0.4 is 0 Å². The average Bonchev–Trinajstić information content (AvgIpc) is 3.18. The van der Waals surface area contributed by atoms with Gasteiger partial charge < -0.3 is 0 Å². The van der Waals surface area contributed by atoms with E-state index in [4.69, 9.17) is 0 Å². The van der Waals surface area contributed by atoms with Crippen molar-refractivity contribution in [3.8, 4) is 0 Å². The molecule has 1 aromatic rings. The molecule has 18 heavy (non-hydrogen) atoms. The molecule has 0 bridgehead atoms. The molecule has 0 aliphatic heterocycles. The molecule has 1 saturated carbocycles. The highest BCUT2D eigenvalue weighted by molar-refractivity contribution is 5.72. The number of aliphatic imine (C=N–C) groups is 1. The summed E-state index contributed by atoms with van der Waals surface area (Å²) in [6.07, 6.45) is 8.27. The van der Waals surface area contributed by atoms with Gasteiger partial charge >= 0.3 is 0 Å². The van der Waals surface area contributed by atoms with E-state index in [1.54, 1.807) is 7.05 Å². The SMILES string of the molecule is CN=C([O])CCC/C=C/[C@@H]1C[C@H]1c1ccccc1. The van der Waals surface area contributed by atoms with Crippen molar-refractivity contribution in [3.05, 3.63) is 48.0 Å². The highest BCUT2D eigenvalue weighted by Gasteiger charge is 2.35. The second-order valence-corrected chi connectivity index (χ2v) is 4.85. The number of unbranched alkanes of at least 4 members (excludes halogenated alkanes) is 1. The second-order valence-electron chi connectivity index (χ2n) is 4.85. The van der Waals surface area contributed by atoms with Gasteiger partial charge in [-0.2, -0.15) is 0 Å². The van der Waals surface area contributed by atoms with E-state index in [1.165, 1.54) is 12.0 Å². The zero-order chi connectivity index (χ0) is 12.8. The van der Waals surface area contributed by atoms with Crippen LogP contribution in [0.4, 0.5) is 0 Å². The standard InChI is InChI=1S/C16H20NO/c1-17-16(18)11-7-3-6-10-14-12-15(14)13-8-4-2-5-9-13/h2,4-6,8-10,14-15H,3,7,11-12H2,1H3/b10-6+,17-16?/t14-,15+/m1/s1. The third kappa shape index (κ3) is 3.73. The van der Waals surface area contributed by atoms with Crippen LogP contribution in [0.5, 0.6) is 0 Å². The van der Waals surface area contributed by atoms with Gasteiger partial charge in [0, 0.05) is 13.5 Å². The molecule has 2 rings (SSSR count). The summed E-state index contributed by atoms with van der Waals surface area (Å²) in [5, 5.41) is 11.0. The molecule has 1 aliphatic rings. The first kappa shape index (κ1) is 12.9. The summed E-state index contributed by atoms with van der Waals surface area (Å²) in [4.78, 5) is 3.62. The van der Waals surface area contributed by atoms with Crippen molar-refractivity contribution >= 4 is 5.90 Å². The fourth-order valence-corrected chi connectivity index (χ4v) is 2.26. The van der Waals surface area contributed by atoms with Crippen molar-refractivity contribution < 1.29 is 5.11 Å². The van der Waals surface area contributed by atoms with Crippen molar-refractivity contribution in [1.29, 1.82) is 0 Å². The molecule has 0 N–H and O–H groups in total. The molecular weight excluding hydrogens is 222 g/mol. The van der Waals surface area contributed by atoms with Gasteiger partial charge in [-0.05, 0) is 36.7 Å². The minimum absolute atomic E-state index is 0.0111. The molecule has 0 aromatic heterocycles. The number of hydrogen-bond acceptors (Lipinski definition) is 1. The molecule has 0 unspecified atom stereocenters. The van der Waals surface area contributed by atoms with Crippen LogP contribution in [0.25, 0.3) is 0 Å². The summed E-state index contributed by atoms with van der Waals surface area (Å²) in [5.74, 6) is 1.44. The maximum absolute atomic E-state index is 11.0. The molecule has 1 radical (unpaired) electrons. The molecule has 95 valence electrons. The van der Waals surface area contributed by atoms with Gasteiger partial charge in [0.1, 0.15) is 0 Å². The summed E-state index contributed by atoms with van der Waals surface area (Å²) >= 11 is 0. The van der Waals surface area contributed by atoms with Gasteiger partial charge in [0.15, 0.2) is 0 Å². The van der Waals surface area contributed by atoms with Gasteiger partial charge in [0.25, 0.3) is 0 Å². The Balaban J connectivity index is 1.67. The Morgan fingerprint density at radius 3 is 2.89 bits per heavy atom. The predicted octanol–water partition coefficient (Wildman–Crippen LogP) is 3.98. The van der Waals surface area contributed by atoms with E-state index in [2.05, 4.69) is 47.5 Å². The summed E-state index contributed by atoms with van der Waals surface area (Å²) < 4.78 is 0. The quantitative estimate of drug-likeness (QED) is 0.313. The number of benzene rings is 1. The Kier molecular flexibility index (Phi) is 4.57. The lowest BCUT2D eigenvalue weighted by atomic mass is 10.1. The van der Waals surface area contributed by atoms with Crippen LogP contribution in [0.15, 0.2) is 47.5 Å². The molecule has 2 nitrogen and oxygen atoms in total. The van der Waals surface area contributed by atoms with Gasteiger partial charge in [-0.25, -0.2) is 0 Å². The minimum Gasteiger partial charge on any atom is -0.273 e. The molecule has 0 heterocycles. The predicted molar refractivity (Wildman–Crippen MR) is 74.3 cm³/mol. The number of hydrogen-bond donors (Lipinski definition) is 0. The van der Waals surface area contributed by atoms with Gasteiger partial charge in [0.05, 0.1) is 0 Å². The zero-order valence-electron chi connectivity index (χ0n) is 10.9. The number of rotatable bonds is 6. The topological polar surface area (TPSA) is 32.3 Å². The summed E-state index contributed by atoms with van der Waals surface area (Å²) in [5.41, 5.74) is 1.45. The molecule has 2 heteroatoms.